The fourth-order valence-electron chi connectivity index (χ4n) is 2.16. The summed E-state index contributed by atoms with van der Waals surface area (Å²) in [4.78, 5) is 9.55. The third-order valence-corrected chi connectivity index (χ3v) is 4.15. The topological polar surface area (TPSA) is 37.8 Å². The molecule has 0 atom stereocenters. The quantitative estimate of drug-likeness (QED) is 0.709. The van der Waals surface area contributed by atoms with Crippen molar-refractivity contribution < 1.29 is 0 Å². The minimum Gasteiger partial charge on any atom is -0.370 e. The summed E-state index contributed by atoms with van der Waals surface area (Å²) in [6.45, 7) is 4.92. The molecule has 0 radical (unpaired) electrons. The van der Waals surface area contributed by atoms with Crippen molar-refractivity contribution in [3.05, 3.63) is 40.5 Å². The first kappa shape index (κ1) is 13.3. The lowest BCUT2D eigenvalue weighted by atomic mass is 10.0. The standard InChI is InChI=1S/C15H14ClN3S/c1-3-17-13-12-11(10-6-4-9(2)5-7-10)8-20-14(12)19-15(16)18-13/h4-8H,3H2,1-2H3,(H,17,18,19). The molecule has 0 unspecified atom stereocenters. The fraction of sp³-hybridized carbons (Fsp3) is 0.200. The molecule has 3 aromatic rings. The zero-order valence-corrected chi connectivity index (χ0v) is 12.8. The molecule has 0 aliphatic heterocycles. The summed E-state index contributed by atoms with van der Waals surface area (Å²) in [6, 6.07) is 8.48. The van der Waals surface area contributed by atoms with Crippen molar-refractivity contribution in [3.63, 3.8) is 0 Å². The second-order valence-electron chi connectivity index (χ2n) is 4.57. The maximum absolute atomic E-state index is 5.98. The van der Waals surface area contributed by atoms with Gasteiger partial charge in [-0.3, -0.25) is 0 Å². The van der Waals surface area contributed by atoms with E-state index in [0.29, 0.717) is 0 Å². The minimum absolute atomic E-state index is 0.283. The van der Waals surface area contributed by atoms with Crippen LogP contribution in [0.5, 0.6) is 0 Å². The van der Waals surface area contributed by atoms with Crippen molar-refractivity contribution in [3.8, 4) is 11.1 Å². The maximum atomic E-state index is 5.98. The van der Waals surface area contributed by atoms with Gasteiger partial charge in [0.05, 0.1) is 5.39 Å². The molecule has 0 saturated carbocycles. The summed E-state index contributed by atoms with van der Waals surface area (Å²) in [5, 5.41) is 6.71. The number of nitrogens with zero attached hydrogens (tertiary/aromatic N) is 2. The number of rotatable bonds is 3. The van der Waals surface area contributed by atoms with E-state index in [1.165, 1.54) is 11.1 Å². The number of fused-ring (bicyclic) bond motifs is 1. The SMILES string of the molecule is CCNc1nc(Cl)nc2scc(-c3ccc(C)cc3)c12. The van der Waals surface area contributed by atoms with Gasteiger partial charge in [-0.1, -0.05) is 29.8 Å². The molecule has 0 aliphatic rings. The smallest absolute Gasteiger partial charge is 0.225 e. The zero-order valence-electron chi connectivity index (χ0n) is 11.3. The van der Waals surface area contributed by atoms with E-state index in [9.17, 15) is 0 Å². The first-order chi connectivity index (χ1) is 9.69. The van der Waals surface area contributed by atoms with Gasteiger partial charge in [-0.25, -0.2) is 9.97 Å². The van der Waals surface area contributed by atoms with Crippen LogP contribution in [0, 0.1) is 6.92 Å². The van der Waals surface area contributed by atoms with Crippen LogP contribution in [0.25, 0.3) is 21.3 Å². The third kappa shape index (κ3) is 2.37. The Labute approximate surface area is 126 Å². The van der Waals surface area contributed by atoms with Crippen LogP contribution < -0.4 is 5.32 Å². The highest BCUT2D eigenvalue weighted by atomic mass is 35.5. The first-order valence-electron chi connectivity index (χ1n) is 6.44. The predicted molar refractivity (Wildman–Crippen MR) is 86.8 cm³/mol. The van der Waals surface area contributed by atoms with Crippen molar-refractivity contribution in [2.45, 2.75) is 13.8 Å². The molecule has 102 valence electrons. The minimum atomic E-state index is 0.283. The summed E-state index contributed by atoms with van der Waals surface area (Å²) >= 11 is 7.57. The maximum Gasteiger partial charge on any atom is 0.225 e. The largest absolute Gasteiger partial charge is 0.370 e. The van der Waals surface area contributed by atoms with E-state index in [4.69, 9.17) is 11.6 Å². The summed E-state index contributed by atoms with van der Waals surface area (Å²) < 4.78 is 0. The number of halogens is 1. The number of thiophene rings is 1. The van der Waals surface area contributed by atoms with Gasteiger partial charge >= 0.3 is 0 Å². The van der Waals surface area contributed by atoms with E-state index in [0.717, 1.165) is 28.1 Å². The Morgan fingerprint density at radius 2 is 1.95 bits per heavy atom. The molecular weight excluding hydrogens is 290 g/mol. The van der Waals surface area contributed by atoms with Crippen molar-refractivity contribution in [1.82, 2.24) is 9.97 Å². The fourth-order valence-corrected chi connectivity index (χ4v) is 3.32. The van der Waals surface area contributed by atoms with Crippen molar-refractivity contribution >= 4 is 39.0 Å². The van der Waals surface area contributed by atoms with Crippen LogP contribution in [0.1, 0.15) is 12.5 Å². The zero-order chi connectivity index (χ0) is 14.1. The molecule has 0 bridgehead atoms. The lowest BCUT2D eigenvalue weighted by molar-refractivity contribution is 1.15. The van der Waals surface area contributed by atoms with Gasteiger partial charge in [0.25, 0.3) is 0 Å². The highest BCUT2D eigenvalue weighted by Crippen LogP contribution is 2.37. The number of nitrogens with one attached hydrogen (secondary N) is 1. The van der Waals surface area contributed by atoms with Crippen molar-refractivity contribution in [2.24, 2.45) is 0 Å². The predicted octanol–water partition coefficient (Wildman–Crippen LogP) is 4.75. The number of benzene rings is 1. The summed E-state index contributed by atoms with van der Waals surface area (Å²) in [5.74, 6) is 0.805. The van der Waals surface area contributed by atoms with Crippen LogP contribution in [0.4, 0.5) is 5.82 Å². The summed E-state index contributed by atoms with van der Waals surface area (Å²) in [5.41, 5.74) is 3.57. The Hall–Kier alpha value is -1.65. The van der Waals surface area contributed by atoms with Gasteiger partial charge in [0.15, 0.2) is 0 Å². The monoisotopic (exact) mass is 303 g/mol. The second-order valence-corrected chi connectivity index (χ2v) is 5.76. The number of aromatic nitrogens is 2. The van der Waals surface area contributed by atoms with Crippen LogP contribution >= 0.6 is 22.9 Å². The Balaban J connectivity index is 2.23. The van der Waals surface area contributed by atoms with Crippen LogP contribution in [0.2, 0.25) is 5.28 Å². The van der Waals surface area contributed by atoms with Crippen LogP contribution in [-0.2, 0) is 0 Å². The molecule has 2 heterocycles. The lowest BCUT2D eigenvalue weighted by Crippen LogP contribution is -2.01. The van der Waals surface area contributed by atoms with Crippen LogP contribution in [-0.4, -0.2) is 16.5 Å². The average molecular weight is 304 g/mol. The van der Waals surface area contributed by atoms with Gasteiger partial charge in [-0.2, -0.15) is 0 Å². The van der Waals surface area contributed by atoms with Gasteiger partial charge in [-0.15, -0.1) is 11.3 Å². The van der Waals surface area contributed by atoms with Gasteiger partial charge in [0.2, 0.25) is 5.28 Å². The summed E-state index contributed by atoms with van der Waals surface area (Å²) in [7, 11) is 0. The molecule has 2 aromatic heterocycles. The Morgan fingerprint density at radius 3 is 2.65 bits per heavy atom. The lowest BCUT2D eigenvalue weighted by Gasteiger charge is -2.07. The number of hydrogen-bond acceptors (Lipinski definition) is 4. The van der Waals surface area contributed by atoms with Gasteiger partial charge < -0.3 is 5.32 Å². The molecule has 1 aromatic carbocycles. The number of anilines is 1. The van der Waals surface area contributed by atoms with E-state index in [1.54, 1.807) is 11.3 Å². The van der Waals surface area contributed by atoms with Gasteiger partial charge in [-0.05, 0) is 31.0 Å². The number of aryl methyl sites for hydroxylation is 1. The molecule has 5 heteroatoms. The molecule has 3 rings (SSSR count). The third-order valence-electron chi connectivity index (χ3n) is 3.11. The Morgan fingerprint density at radius 1 is 1.20 bits per heavy atom. The van der Waals surface area contributed by atoms with Crippen LogP contribution in [0.3, 0.4) is 0 Å². The van der Waals surface area contributed by atoms with Crippen molar-refractivity contribution in [1.29, 1.82) is 0 Å². The van der Waals surface area contributed by atoms with Crippen molar-refractivity contribution in [2.75, 3.05) is 11.9 Å². The molecule has 20 heavy (non-hydrogen) atoms. The average Bonchev–Trinajstić information content (AvgIpc) is 2.83. The normalized spacial score (nSPS) is 10.9. The highest BCUT2D eigenvalue weighted by molar-refractivity contribution is 7.17. The van der Waals surface area contributed by atoms with E-state index in [1.807, 2.05) is 6.92 Å². The van der Waals surface area contributed by atoms with E-state index in [-0.39, 0.29) is 5.28 Å². The Bertz CT molecular complexity index is 750. The molecule has 0 aliphatic carbocycles. The molecule has 0 fully saturated rings. The second kappa shape index (κ2) is 5.38. The van der Waals surface area contributed by atoms with Gasteiger partial charge in [0, 0.05) is 17.5 Å². The van der Waals surface area contributed by atoms with E-state index >= 15 is 0 Å². The van der Waals surface area contributed by atoms with E-state index < -0.39 is 0 Å². The molecule has 0 spiro atoms. The molecule has 3 nitrogen and oxygen atoms in total. The highest BCUT2D eigenvalue weighted by Gasteiger charge is 2.14. The molecule has 0 amide bonds. The number of hydrogen-bond donors (Lipinski definition) is 1. The summed E-state index contributed by atoms with van der Waals surface area (Å²) in [6.07, 6.45) is 0. The molecule has 0 saturated heterocycles. The van der Waals surface area contributed by atoms with E-state index in [2.05, 4.69) is 51.9 Å². The molecular formula is C15H14ClN3S. The molecule has 1 N–H and O–H groups in total. The van der Waals surface area contributed by atoms with Gasteiger partial charge in [0.1, 0.15) is 10.6 Å². The Kier molecular flexibility index (Phi) is 3.59. The van der Waals surface area contributed by atoms with Crippen LogP contribution in [0.15, 0.2) is 29.6 Å². The first-order valence-corrected chi connectivity index (χ1v) is 7.70.